The van der Waals surface area contributed by atoms with Crippen LogP contribution in [0, 0.1) is 0 Å². The van der Waals surface area contributed by atoms with Gasteiger partial charge in [-0.1, -0.05) is 54.6 Å². The summed E-state index contributed by atoms with van der Waals surface area (Å²) < 4.78 is 5.60. The molecule has 4 heteroatoms. The maximum absolute atomic E-state index is 12.9. The zero-order valence-corrected chi connectivity index (χ0v) is 14.3. The molecule has 1 heterocycles. The summed E-state index contributed by atoms with van der Waals surface area (Å²) >= 11 is 0. The van der Waals surface area contributed by atoms with Gasteiger partial charge in [0.25, 0.3) is 0 Å². The first-order valence-corrected chi connectivity index (χ1v) is 8.44. The minimum atomic E-state index is -0.467. The van der Waals surface area contributed by atoms with Crippen LogP contribution < -0.4 is 5.63 Å². The molecular formula is C23H16O4. The molecule has 0 aliphatic heterocycles. The van der Waals surface area contributed by atoms with E-state index in [1.807, 2.05) is 36.4 Å². The third-order valence-electron chi connectivity index (χ3n) is 4.34. The highest BCUT2D eigenvalue weighted by molar-refractivity contribution is 5.85. The Hall–Kier alpha value is -3.79. The van der Waals surface area contributed by atoms with Crippen molar-refractivity contribution in [3.8, 4) is 45.1 Å². The summed E-state index contributed by atoms with van der Waals surface area (Å²) in [6.07, 6.45) is 0. The van der Waals surface area contributed by atoms with Crippen molar-refractivity contribution in [2.75, 3.05) is 0 Å². The van der Waals surface area contributed by atoms with Gasteiger partial charge in [0, 0.05) is 11.1 Å². The predicted octanol–water partition coefficient (Wildman–Crippen LogP) is 5.05. The van der Waals surface area contributed by atoms with Crippen LogP contribution in [-0.2, 0) is 0 Å². The minimum absolute atomic E-state index is 0.121. The van der Waals surface area contributed by atoms with Crippen LogP contribution in [0.4, 0.5) is 0 Å². The normalized spacial score (nSPS) is 10.7. The van der Waals surface area contributed by atoms with Crippen molar-refractivity contribution in [2.45, 2.75) is 0 Å². The third-order valence-corrected chi connectivity index (χ3v) is 4.34. The van der Waals surface area contributed by atoms with E-state index in [0.717, 1.165) is 11.1 Å². The number of hydrogen-bond donors (Lipinski definition) is 2. The summed E-state index contributed by atoms with van der Waals surface area (Å²) in [6, 6.07) is 24.3. The third kappa shape index (κ3) is 3.33. The molecule has 0 saturated heterocycles. The Bertz CT molecular complexity index is 1130. The van der Waals surface area contributed by atoms with Gasteiger partial charge in [0.1, 0.15) is 17.3 Å². The van der Waals surface area contributed by atoms with Crippen LogP contribution in [0.15, 0.2) is 94.1 Å². The van der Waals surface area contributed by atoms with E-state index in [0.29, 0.717) is 22.5 Å². The highest BCUT2D eigenvalue weighted by Crippen LogP contribution is 2.34. The van der Waals surface area contributed by atoms with E-state index < -0.39 is 5.63 Å². The van der Waals surface area contributed by atoms with Gasteiger partial charge in [-0.2, -0.15) is 0 Å². The van der Waals surface area contributed by atoms with Crippen molar-refractivity contribution in [3.63, 3.8) is 0 Å². The highest BCUT2D eigenvalue weighted by atomic mass is 16.4. The standard InChI is InChI=1S/C23H16O4/c24-18-10-6-15(7-11-18)20-14-21(16-4-2-1-3-5-16)27-23(26)22(20)17-8-12-19(25)13-9-17/h1-14,24-25H. The molecule has 0 atom stereocenters. The molecule has 0 aliphatic carbocycles. The van der Waals surface area contributed by atoms with Crippen LogP contribution >= 0.6 is 0 Å². The number of rotatable bonds is 3. The SMILES string of the molecule is O=c1oc(-c2ccccc2)cc(-c2ccc(O)cc2)c1-c1ccc(O)cc1. The van der Waals surface area contributed by atoms with Crippen molar-refractivity contribution in [3.05, 3.63) is 95.3 Å². The zero-order chi connectivity index (χ0) is 18.8. The smallest absolute Gasteiger partial charge is 0.344 e. The molecule has 0 fully saturated rings. The van der Waals surface area contributed by atoms with Crippen molar-refractivity contribution < 1.29 is 14.6 Å². The van der Waals surface area contributed by atoms with E-state index in [2.05, 4.69) is 0 Å². The van der Waals surface area contributed by atoms with Gasteiger partial charge >= 0.3 is 5.63 Å². The van der Waals surface area contributed by atoms with Crippen molar-refractivity contribution in [1.29, 1.82) is 0 Å². The lowest BCUT2D eigenvalue weighted by atomic mass is 9.95. The number of hydrogen-bond acceptors (Lipinski definition) is 4. The molecule has 2 N–H and O–H groups in total. The number of phenolic OH excluding ortho intramolecular Hbond substituents is 2. The molecule has 4 nitrogen and oxygen atoms in total. The van der Waals surface area contributed by atoms with E-state index in [1.54, 1.807) is 36.4 Å². The van der Waals surface area contributed by atoms with Crippen LogP contribution in [0.5, 0.6) is 11.5 Å². The molecule has 3 aromatic carbocycles. The Labute approximate surface area is 155 Å². The predicted molar refractivity (Wildman–Crippen MR) is 105 cm³/mol. The van der Waals surface area contributed by atoms with Gasteiger partial charge in [-0.25, -0.2) is 4.79 Å². The lowest BCUT2D eigenvalue weighted by Crippen LogP contribution is -2.06. The minimum Gasteiger partial charge on any atom is -0.508 e. The first-order valence-electron chi connectivity index (χ1n) is 8.44. The van der Waals surface area contributed by atoms with Gasteiger partial charge in [0.15, 0.2) is 0 Å². The summed E-state index contributed by atoms with van der Waals surface area (Å²) in [5.41, 5.74) is 2.85. The number of benzene rings is 3. The monoisotopic (exact) mass is 356 g/mol. The first kappa shape index (κ1) is 16.7. The molecule has 4 aromatic rings. The molecular weight excluding hydrogens is 340 g/mol. The summed E-state index contributed by atoms with van der Waals surface area (Å²) in [5.74, 6) is 0.734. The largest absolute Gasteiger partial charge is 0.508 e. The lowest BCUT2D eigenvalue weighted by Gasteiger charge is -2.11. The van der Waals surface area contributed by atoms with Gasteiger partial charge in [0.2, 0.25) is 0 Å². The van der Waals surface area contributed by atoms with Crippen LogP contribution in [0.2, 0.25) is 0 Å². The maximum atomic E-state index is 12.9. The lowest BCUT2D eigenvalue weighted by molar-refractivity contribution is 0.475. The fourth-order valence-electron chi connectivity index (χ4n) is 3.01. The molecule has 4 rings (SSSR count). The summed E-state index contributed by atoms with van der Waals surface area (Å²) in [7, 11) is 0. The van der Waals surface area contributed by atoms with E-state index in [4.69, 9.17) is 4.42 Å². The average Bonchev–Trinajstić information content (AvgIpc) is 2.70. The molecule has 0 amide bonds. The van der Waals surface area contributed by atoms with Gasteiger partial charge in [-0.05, 0) is 41.5 Å². The average molecular weight is 356 g/mol. The van der Waals surface area contributed by atoms with Crippen LogP contribution in [0.25, 0.3) is 33.6 Å². The zero-order valence-electron chi connectivity index (χ0n) is 14.3. The van der Waals surface area contributed by atoms with Gasteiger partial charge in [-0.15, -0.1) is 0 Å². The van der Waals surface area contributed by atoms with Gasteiger partial charge in [0.05, 0.1) is 5.56 Å². The quantitative estimate of drug-likeness (QED) is 0.539. The van der Waals surface area contributed by atoms with Crippen LogP contribution in [0.1, 0.15) is 0 Å². The summed E-state index contributed by atoms with van der Waals surface area (Å²) in [5, 5.41) is 19.2. The van der Waals surface area contributed by atoms with Crippen molar-refractivity contribution in [1.82, 2.24) is 0 Å². The molecule has 132 valence electrons. The molecule has 1 aromatic heterocycles. The van der Waals surface area contributed by atoms with E-state index in [9.17, 15) is 15.0 Å². The van der Waals surface area contributed by atoms with Crippen molar-refractivity contribution >= 4 is 0 Å². The van der Waals surface area contributed by atoms with Gasteiger partial charge < -0.3 is 14.6 Å². The van der Waals surface area contributed by atoms with Gasteiger partial charge in [-0.3, -0.25) is 0 Å². The van der Waals surface area contributed by atoms with Crippen molar-refractivity contribution in [2.24, 2.45) is 0 Å². The second kappa shape index (κ2) is 6.84. The van der Waals surface area contributed by atoms with E-state index in [1.165, 1.54) is 12.1 Å². The highest BCUT2D eigenvalue weighted by Gasteiger charge is 2.16. The molecule has 0 unspecified atom stereocenters. The number of aromatic hydroxyl groups is 2. The maximum Gasteiger partial charge on any atom is 0.344 e. The fraction of sp³-hybridized carbons (Fsp3) is 0. The molecule has 0 bridgehead atoms. The topological polar surface area (TPSA) is 70.7 Å². The fourth-order valence-corrected chi connectivity index (χ4v) is 3.01. The second-order valence-electron chi connectivity index (χ2n) is 6.15. The Kier molecular flexibility index (Phi) is 4.22. The Morgan fingerprint density at radius 1 is 0.630 bits per heavy atom. The Morgan fingerprint density at radius 2 is 1.19 bits per heavy atom. The Morgan fingerprint density at radius 3 is 1.78 bits per heavy atom. The molecule has 0 spiro atoms. The summed E-state index contributed by atoms with van der Waals surface area (Å²) in [6.45, 7) is 0. The number of phenols is 2. The van der Waals surface area contributed by atoms with Crippen LogP contribution in [-0.4, -0.2) is 10.2 Å². The molecule has 0 radical (unpaired) electrons. The molecule has 27 heavy (non-hydrogen) atoms. The Balaban J connectivity index is 1.99. The molecule has 0 aliphatic rings. The second-order valence-corrected chi connectivity index (χ2v) is 6.15. The molecule has 0 saturated carbocycles. The first-order chi connectivity index (χ1) is 13.1. The van der Waals surface area contributed by atoms with Crippen LogP contribution in [0.3, 0.4) is 0 Å². The van der Waals surface area contributed by atoms with E-state index in [-0.39, 0.29) is 11.5 Å². The van der Waals surface area contributed by atoms with E-state index >= 15 is 0 Å². The summed E-state index contributed by atoms with van der Waals surface area (Å²) in [4.78, 5) is 12.9.